The van der Waals surface area contributed by atoms with Crippen LogP contribution in [0.5, 0.6) is 5.75 Å². The van der Waals surface area contributed by atoms with Crippen LogP contribution in [0, 0.1) is 12.8 Å². The van der Waals surface area contributed by atoms with E-state index in [0.717, 1.165) is 31.6 Å². The van der Waals surface area contributed by atoms with Crippen molar-refractivity contribution >= 4 is 5.96 Å². The van der Waals surface area contributed by atoms with E-state index in [1.165, 1.54) is 17.2 Å². The lowest BCUT2D eigenvalue weighted by Gasteiger charge is -2.32. The predicted octanol–water partition coefficient (Wildman–Crippen LogP) is 4.43. The van der Waals surface area contributed by atoms with Crippen LogP contribution in [0.2, 0.25) is 0 Å². The molecule has 5 nitrogen and oxygen atoms in total. The van der Waals surface area contributed by atoms with Gasteiger partial charge in [-0.2, -0.15) is 8.78 Å². The highest BCUT2D eigenvalue weighted by atomic mass is 19.3. The van der Waals surface area contributed by atoms with Crippen LogP contribution in [0.3, 0.4) is 0 Å². The fourth-order valence-corrected chi connectivity index (χ4v) is 3.64. The molecule has 2 atom stereocenters. The minimum atomic E-state index is -2.83. The average molecular weight is 418 g/mol. The number of benzene rings is 2. The second kappa shape index (κ2) is 10.9. The quantitative estimate of drug-likeness (QED) is 0.517. The fourth-order valence-electron chi connectivity index (χ4n) is 3.64. The van der Waals surface area contributed by atoms with Crippen LogP contribution in [-0.4, -0.2) is 32.8 Å². The summed E-state index contributed by atoms with van der Waals surface area (Å²) in [5.74, 6) is 1.14. The Morgan fingerprint density at radius 2 is 2.00 bits per heavy atom. The summed E-state index contributed by atoms with van der Waals surface area (Å²) in [6.07, 6.45) is 2.18. The molecule has 1 aliphatic rings. The van der Waals surface area contributed by atoms with Gasteiger partial charge in [0.15, 0.2) is 5.96 Å². The molecule has 7 heteroatoms. The van der Waals surface area contributed by atoms with Gasteiger partial charge in [0.1, 0.15) is 5.75 Å². The first-order valence-corrected chi connectivity index (χ1v) is 10.2. The molecule has 30 heavy (non-hydrogen) atoms. The standard InChI is InChI=1S/C23H29F2N3O2/c1-16-8-10-18(11-9-16)21-19(6-4-12-29-21)15-28-23(26-2)27-14-17-5-3-7-20(13-17)30-22(24)25/h3,5,7-11,13,19,21-22H,4,6,12,14-15H2,1-2H3,(H2,26,27,28). The maximum absolute atomic E-state index is 12.4. The number of alkyl halides is 2. The third kappa shape index (κ3) is 6.42. The maximum Gasteiger partial charge on any atom is 0.387 e. The molecule has 1 saturated heterocycles. The number of hydrogen-bond donors (Lipinski definition) is 2. The topological polar surface area (TPSA) is 54.9 Å². The van der Waals surface area contributed by atoms with Gasteiger partial charge < -0.3 is 20.1 Å². The summed E-state index contributed by atoms with van der Waals surface area (Å²) in [6, 6.07) is 15.2. The van der Waals surface area contributed by atoms with Crippen LogP contribution in [-0.2, 0) is 11.3 Å². The number of hydrogen-bond acceptors (Lipinski definition) is 3. The highest BCUT2D eigenvalue weighted by Gasteiger charge is 2.27. The minimum absolute atomic E-state index is 0.0631. The Balaban J connectivity index is 1.54. The molecule has 3 rings (SSSR count). The zero-order chi connectivity index (χ0) is 21.3. The van der Waals surface area contributed by atoms with E-state index in [2.05, 4.69) is 51.6 Å². The van der Waals surface area contributed by atoms with Crippen molar-refractivity contribution in [1.82, 2.24) is 10.6 Å². The van der Waals surface area contributed by atoms with Crippen molar-refractivity contribution < 1.29 is 18.3 Å². The second-order valence-corrected chi connectivity index (χ2v) is 7.44. The highest BCUT2D eigenvalue weighted by molar-refractivity contribution is 5.79. The smallest absolute Gasteiger partial charge is 0.387 e. The van der Waals surface area contributed by atoms with Gasteiger partial charge in [0.05, 0.1) is 6.10 Å². The summed E-state index contributed by atoms with van der Waals surface area (Å²) in [5.41, 5.74) is 3.26. The number of halogens is 2. The lowest BCUT2D eigenvalue weighted by Crippen LogP contribution is -2.41. The summed E-state index contributed by atoms with van der Waals surface area (Å²) in [5, 5.41) is 6.60. The van der Waals surface area contributed by atoms with Crippen molar-refractivity contribution in [2.24, 2.45) is 10.9 Å². The SMILES string of the molecule is CN=C(NCc1cccc(OC(F)F)c1)NCC1CCCOC1c1ccc(C)cc1. The first-order valence-electron chi connectivity index (χ1n) is 10.2. The lowest BCUT2D eigenvalue weighted by atomic mass is 9.89. The number of nitrogens with one attached hydrogen (secondary N) is 2. The zero-order valence-corrected chi connectivity index (χ0v) is 17.4. The van der Waals surface area contributed by atoms with Gasteiger partial charge in [-0.25, -0.2) is 0 Å². The van der Waals surface area contributed by atoms with E-state index in [-0.39, 0.29) is 11.9 Å². The molecule has 0 spiro atoms. The molecule has 2 aromatic rings. The Labute approximate surface area is 176 Å². The van der Waals surface area contributed by atoms with Crippen molar-refractivity contribution in [1.29, 1.82) is 0 Å². The molecule has 2 N–H and O–H groups in total. The van der Waals surface area contributed by atoms with Gasteiger partial charge in [-0.15, -0.1) is 0 Å². The highest BCUT2D eigenvalue weighted by Crippen LogP contribution is 2.33. The molecule has 0 radical (unpaired) electrons. The van der Waals surface area contributed by atoms with E-state index in [1.807, 2.05) is 6.07 Å². The van der Waals surface area contributed by atoms with Crippen LogP contribution in [0.15, 0.2) is 53.5 Å². The van der Waals surface area contributed by atoms with E-state index in [4.69, 9.17) is 4.74 Å². The molecule has 2 aromatic carbocycles. The molecule has 1 heterocycles. The van der Waals surface area contributed by atoms with E-state index in [9.17, 15) is 8.78 Å². The van der Waals surface area contributed by atoms with E-state index >= 15 is 0 Å². The molecule has 162 valence electrons. The zero-order valence-electron chi connectivity index (χ0n) is 17.4. The Morgan fingerprint density at radius 1 is 1.20 bits per heavy atom. The average Bonchev–Trinajstić information content (AvgIpc) is 2.74. The first kappa shape index (κ1) is 22.0. The van der Waals surface area contributed by atoms with Crippen LogP contribution in [0.1, 0.15) is 35.6 Å². The van der Waals surface area contributed by atoms with Gasteiger partial charge >= 0.3 is 6.61 Å². The molecular weight excluding hydrogens is 388 g/mol. The van der Waals surface area contributed by atoms with Gasteiger partial charge in [0.25, 0.3) is 0 Å². The largest absolute Gasteiger partial charge is 0.435 e. The molecule has 2 unspecified atom stereocenters. The van der Waals surface area contributed by atoms with Crippen molar-refractivity contribution in [3.05, 3.63) is 65.2 Å². The van der Waals surface area contributed by atoms with E-state index in [0.29, 0.717) is 18.4 Å². The van der Waals surface area contributed by atoms with Gasteiger partial charge in [-0.1, -0.05) is 42.0 Å². The minimum Gasteiger partial charge on any atom is -0.435 e. The maximum atomic E-state index is 12.4. The van der Waals surface area contributed by atoms with Gasteiger partial charge in [-0.3, -0.25) is 4.99 Å². The van der Waals surface area contributed by atoms with Crippen molar-refractivity contribution in [3.63, 3.8) is 0 Å². The molecule has 1 fully saturated rings. The summed E-state index contributed by atoms with van der Waals surface area (Å²) in [4.78, 5) is 4.27. The monoisotopic (exact) mass is 417 g/mol. The molecule has 0 saturated carbocycles. The van der Waals surface area contributed by atoms with Gasteiger partial charge in [0.2, 0.25) is 0 Å². The molecule has 0 bridgehead atoms. The van der Waals surface area contributed by atoms with Crippen LogP contribution < -0.4 is 15.4 Å². The molecule has 0 aliphatic carbocycles. The fraction of sp³-hybridized carbons (Fsp3) is 0.435. The Kier molecular flexibility index (Phi) is 8.02. The number of rotatable bonds is 7. The van der Waals surface area contributed by atoms with Crippen LogP contribution >= 0.6 is 0 Å². The van der Waals surface area contributed by atoms with Crippen molar-refractivity contribution in [3.8, 4) is 5.75 Å². The van der Waals surface area contributed by atoms with E-state index in [1.54, 1.807) is 19.2 Å². The number of aryl methyl sites for hydroxylation is 1. The van der Waals surface area contributed by atoms with Gasteiger partial charge in [0, 0.05) is 32.7 Å². The summed E-state index contributed by atoms with van der Waals surface area (Å²) < 4.78 is 35.3. The van der Waals surface area contributed by atoms with Gasteiger partial charge in [-0.05, 0) is 43.0 Å². The summed E-state index contributed by atoms with van der Waals surface area (Å²) in [7, 11) is 1.71. The first-order chi connectivity index (χ1) is 14.5. The van der Waals surface area contributed by atoms with Crippen LogP contribution in [0.25, 0.3) is 0 Å². The molecular formula is C23H29F2N3O2. The Morgan fingerprint density at radius 3 is 2.73 bits per heavy atom. The number of ether oxygens (including phenoxy) is 2. The normalized spacial score (nSPS) is 19.6. The number of aliphatic imine (C=N–C) groups is 1. The molecule has 0 amide bonds. The third-order valence-electron chi connectivity index (χ3n) is 5.19. The van der Waals surface area contributed by atoms with Crippen molar-refractivity contribution in [2.45, 2.75) is 39.0 Å². The third-order valence-corrected chi connectivity index (χ3v) is 5.19. The van der Waals surface area contributed by atoms with Crippen molar-refractivity contribution in [2.75, 3.05) is 20.2 Å². The summed E-state index contributed by atoms with van der Waals surface area (Å²) >= 11 is 0. The molecule has 1 aliphatic heterocycles. The second-order valence-electron chi connectivity index (χ2n) is 7.44. The number of guanidine groups is 1. The van der Waals surface area contributed by atoms with E-state index < -0.39 is 6.61 Å². The number of nitrogens with zero attached hydrogens (tertiary/aromatic N) is 1. The van der Waals surface area contributed by atoms with Crippen LogP contribution in [0.4, 0.5) is 8.78 Å². The Bertz CT molecular complexity index is 827. The Hall–Kier alpha value is -2.67. The summed E-state index contributed by atoms with van der Waals surface area (Å²) in [6.45, 7) is 1.20. The molecule has 0 aromatic heterocycles. The predicted molar refractivity (Wildman–Crippen MR) is 114 cm³/mol. The lowest BCUT2D eigenvalue weighted by molar-refractivity contribution is -0.0498.